The van der Waals surface area contributed by atoms with Crippen LogP contribution in [-0.4, -0.2) is 42.5 Å². The molecule has 0 aliphatic heterocycles. The number of anilines is 2. The second-order valence-corrected chi connectivity index (χ2v) is 6.97. The number of thiocarbonyl (C=S) groups is 1. The van der Waals surface area contributed by atoms with Crippen LogP contribution < -0.4 is 20.3 Å². The highest BCUT2D eigenvalue weighted by Gasteiger charge is 2.11. The average Bonchev–Trinajstić information content (AvgIpc) is 2.72. The zero-order valence-corrected chi connectivity index (χ0v) is 17.8. The van der Waals surface area contributed by atoms with Crippen LogP contribution in [0.4, 0.5) is 15.9 Å². The van der Waals surface area contributed by atoms with Crippen LogP contribution in [0.1, 0.15) is 36.5 Å². The highest BCUT2D eigenvalue weighted by atomic mass is 32.1. The van der Waals surface area contributed by atoms with Gasteiger partial charge in [-0.15, -0.1) is 0 Å². The number of nitrogens with one attached hydrogen (secondary N) is 2. The van der Waals surface area contributed by atoms with E-state index in [2.05, 4.69) is 22.5 Å². The van der Waals surface area contributed by atoms with Crippen LogP contribution in [0, 0.1) is 5.82 Å². The van der Waals surface area contributed by atoms with E-state index in [0.717, 1.165) is 25.5 Å². The Balaban J connectivity index is 1.89. The summed E-state index contributed by atoms with van der Waals surface area (Å²) in [5.74, 6) is -0.227. The lowest BCUT2D eigenvalue weighted by Crippen LogP contribution is -2.34. The van der Waals surface area contributed by atoms with Crippen molar-refractivity contribution in [2.75, 3.05) is 30.4 Å². The fraction of sp³-hybridized carbons (Fsp3) is 0.333. The van der Waals surface area contributed by atoms with Gasteiger partial charge in [0.15, 0.2) is 16.7 Å². The van der Waals surface area contributed by atoms with E-state index in [0.29, 0.717) is 23.7 Å². The van der Waals surface area contributed by atoms with Crippen LogP contribution >= 0.6 is 12.2 Å². The second kappa shape index (κ2) is 11.8. The van der Waals surface area contributed by atoms with Crippen LogP contribution in [0.25, 0.3) is 0 Å². The van der Waals surface area contributed by atoms with E-state index in [-0.39, 0.29) is 17.4 Å². The molecule has 160 valence electrons. The Morgan fingerprint density at radius 3 is 2.73 bits per heavy atom. The molecule has 0 bridgehead atoms. The molecule has 1 heterocycles. The third-order valence-corrected chi connectivity index (χ3v) is 4.38. The Bertz CT molecular complexity index is 877. The normalized spacial score (nSPS) is 10.2. The molecule has 0 spiro atoms. The number of hydrogen-bond donors (Lipinski definition) is 2. The number of aromatic nitrogens is 1. The Hall–Kier alpha value is -3.07. The van der Waals surface area contributed by atoms with Crippen molar-refractivity contribution in [3.8, 4) is 5.75 Å². The minimum atomic E-state index is -0.509. The van der Waals surface area contributed by atoms with E-state index >= 15 is 0 Å². The lowest BCUT2D eigenvalue weighted by Gasteiger charge is -2.15. The monoisotopic (exact) mass is 432 g/mol. The third-order valence-electron chi connectivity index (χ3n) is 4.17. The van der Waals surface area contributed by atoms with E-state index in [1.807, 2.05) is 0 Å². The highest BCUT2D eigenvalue weighted by Crippen LogP contribution is 2.21. The SMILES string of the molecule is CCCCCOc1ccc(NC(=S)NC(=O)c2ccc(N(C)CC=O)nc2)cc1F. The van der Waals surface area contributed by atoms with Crippen molar-refractivity contribution in [2.45, 2.75) is 26.2 Å². The molecule has 0 fully saturated rings. The van der Waals surface area contributed by atoms with Crippen molar-refractivity contribution < 1.29 is 18.7 Å². The first-order valence-corrected chi connectivity index (χ1v) is 10.0. The highest BCUT2D eigenvalue weighted by molar-refractivity contribution is 7.80. The first-order chi connectivity index (χ1) is 14.4. The maximum Gasteiger partial charge on any atom is 0.258 e. The van der Waals surface area contributed by atoms with Gasteiger partial charge in [-0.3, -0.25) is 10.1 Å². The van der Waals surface area contributed by atoms with Gasteiger partial charge in [-0.2, -0.15) is 0 Å². The van der Waals surface area contributed by atoms with E-state index in [1.165, 1.54) is 18.3 Å². The number of aldehydes is 1. The Labute approximate surface area is 180 Å². The number of likely N-dealkylation sites (N-methyl/N-ethyl adjacent to an activating group) is 1. The zero-order valence-electron chi connectivity index (χ0n) is 17.0. The van der Waals surface area contributed by atoms with E-state index in [1.54, 1.807) is 30.1 Å². The van der Waals surface area contributed by atoms with Gasteiger partial charge in [0.25, 0.3) is 5.91 Å². The van der Waals surface area contributed by atoms with Gasteiger partial charge >= 0.3 is 0 Å². The first kappa shape index (κ1) is 23.2. The molecule has 2 N–H and O–H groups in total. The molecule has 1 amide bonds. The van der Waals surface area contributed by atoms with Gasteiger partial charge in [-0.25, -0.2) is 9.37 Å². The fourth-order valence-electron chi connectivity index (χ4n) is 2.52. The van der Waals surface area contributed by atoms with Crippen LogP contribution in [0.5, 0.6) is 5.75 Å². The molecule has 2 aromatic rings. The second-order valence-electron chi connectivity index (χ2n) is 6.56. The summed E-state index contributed by atoms with van der Waals surface area (Å²) in [6.45, 7) is 2.75. The van der Waals surface area contributed by atoms with Crippen molar-refractivity contribution >= 4 is 41.0 Å². The number of ether oxygens (including phenoxy) is 1. The minimum Gasteiger partial charge on any atom is -0.491 e. The maximum atomic E-state index is 14.2. The topological polar surface area (TPSA) is 83.6 Å². The van der Waals surface area contributed by atoms with E-state index in [4.69, 9.17) is 17.0 Å². The van der Waals surface area contributed by atoms with Gasteiger partial charge in [0.2, 0.25) is 0 Å². The predicted octanol–water partition coefficient (Wildman–Crippen LogP) is 3.55. The number of benzene rings is 1. The summed E-state index contributed by atoms with van der Waals surface area (Å²) >= 11 is 5.12. The van der Waals surface area contributed by atoms with Crippen molar-refractivity contribution in [1.29, 1.82) is 0 Å². The summed E-state index contributed by atoms with van der Waals surface area (Å²) in [6.07, 6.45) is 5.12. The molecule has 9 heteroatoms. The van der Waals surface area contributed by atoms with Gasteiger partial charge in [0.05, 0.1) is 18.7 Å². The third kappa shape index (κ3) is 7.07. The maximum absolute atomic E-state index is 14.2. The largest absolute Gasteiger partial charge is 0.491 e. The molecular formula is C21H25FN4O3S. The smallest absolute Gasteiger partial charge is 0.258 e. The van der Waals surface area contributed by atoms with Crippen molar-refractivity contribution in [3.05, 3.63) is 47.9 Å². The molecule has 0 saturated heterocycles. The summed E-state index contributed by atoms with van der Waals surface area (Å²) in [4.78, 5) is 28.7. The molecule has 0 unspecified atom stereocenters. The minimum absolute atomic E-state index is 0.0261. The predicted molar refractivity (Wildman–Crippen MR) is 119 cm³/mol. The number of amides is 1. The molecule has 7 nitrogen and oxygen atoms in total. The van der Waals surface area contributed by atoms with Crippen molar-refractivity contribution in [2.24, 2.45) is 0 Å². The molecular weight excluding hydrogens is 407 g/mol. The quantitative estimate of drug-likeness (QED) is 0.337. The number of carbonyl (C=O) groups excluding carboxylic acids is 2. The molecule has 30 heavy (non-hydrogen) atoms. The van der Waals surface area contributed by atoms with Crippen molar-refractivity contribution in [1.82, 2.24) is 10.3 Å². The number of halogens is 1. The zero-order chi connectivity index (χ0) is 21.9. The average molecular weight is 433 g/mol. The van der Waals surface area contributed by atoms with Gasteiger partial charge in [-0.1, -0.05) is 19.8 Å². The number of nitrogens with zero attached hydrogens (tertiary/aromatic N) is 2. The van der Waals surface area contributed by atoms with E-state index < -0.39 is 11.7 Å². The molecule has 0 radical (unpaired) electrons. The van der Waals surface area contributed by atoms with Crippen LogP contribution in [0.3, 0.4) is 0 Å². The fourth-order valence-corrected chi connectivity index (χ4v) is 2.73. The molecule has 0 atom stereocenters. The first-order valence-electron chi connectivity index (χ1n) is 9.60. The summed E-state index contributed by atoms with van der Waals surface area (Å²) in [6, 6.07) is 7.60. The Morgan fingerprint density at radius 1 is 1.30 bits per heavy atom. The van der Waals surface area contributed by atoms with Gasteiger partial charge < -0.3 is 19.7 Å². The van der Waals surface area contributed by atoms with Crippen LogP contribution in [0.15, 0.2) is 36.5 Å². The lowest BCUT2D eigenvalue weighted by molar-refractivity contribution is -0.106. The number of hydrogen-bond acceptors (Lipinski definition) is 6. The molecule has 0 aliphatic rings. The van der Waals surface area contributed by atoms with Gasteiger partial charge in [0.1, 0.15) is 12.1 Å². The van der Waals surface area contributed by atoms with Gasteiger partial charge in [0, 0.05) is 25.0 Å². The number of carbonyl (C=O) groups is 2. The molecule has 0 saturated carbocycles. The molecule has 2 rings (SSSR count). The number of unbranched alkanes of at least 4 members (excludes halogenated alkanes) is 2. The molecule has 1 aromatic carbocycles. The lowest BCUT2D eigenvalue weighted by atomic mass is 10.2. The van der Waals surface area contributed by atoms with Crippen LogP contribution in [0.2, 0.25) is 0 Å². The number of pyridine rings is 1. The van der Waals surface area contributed by atoms with E-state index in [9.17, 15) is 14.0 Å². The van der Waals surface area contributed by atoms with Crippen LogP contribution in [-0.2, 0) is 4.79 Å². The summed E-state index contributed by atoms with van der Waals surface area (Å²) in [5.41, 5.74) is 0.687. The Kier molecular flexibility index (Phi) is 9.14. The molecule has 1 aromatic heterocycles. The number of rotatable bonds is 10. The summed E-state index contributed by atoms with van der Waals surface area (Å²) in [5, 5.41) is 5.31. The standard InChI is InChI=1S/C21H25FN4O3S/c1-3-4-5-12-29-18-8-7-16(13-17(18)22)24-21(30)25-20(28)15-6-9-19(23-14-15)26(2)10-11-27/h6-9,11,13-14H,3-5,10,12H2,1-2H3,(H2,24,25,28,30). The summed E-state index contributed by atoms with van der Waals surface area (Å²) < 4.78 is 19.6. The molecule has 0 aliphatic carbocycles. The Morgan fingerprint density at radius 2 is 2.10 bits per heavy atom. The summed E-state index contributed by atoms with van der Waals surface area (Å²) in [7, 11) is 1.72. The van der Waals surface area contributed by atoms with Crippen molar-refractivity contribution in [3.63, 3.8) is 0 Å². The van der Waals surface area contributed by atoms with Gasteiger partial charge in [-0.05, 0) is 42.9 Å².